The minimum absolute atomic E-state index is 0.0229. The third kappa shape index (κ3) is 25.1. The van der Waals surface area contributed by atoms with Crippen LogP contribution in [0.4, 0.5) is 0 Å². The van der Waals surface area contributed by atoms with Crippen molar-refractivity contribution in [3.05, 3.63) is 21.1 Å². The van der Waals surface area contributed by atoms with Crippen molar-refractivity contribution < 1.29 is 52.9 Å². The fraction of sp³-hybridized carbons (Fsp3) is 0.703. The molecule has 0 aliphatic carbocycles. The monoisotopic (exact) mass is 881 g/mol. The van der Waals surface area contributed by atoms with Gasteiger partial charge in [0.15, 0.2) is 0 Å². The summed E-state index contributed by atoms with van der Waals surface area (Å²) in [6.07, 6.45) is 4.95. The number of ether oxygens (including phenoxy) is 3. The predicted octanol–water partition coefficient (Wildman–Crippen LogP) is 4.64. The molecule has 2 aliphatic rings. The van der Waals surface area contributed by atoms with E-state index in [-0.39, 0.29) is 82.8 Å². The Morgan fingerprint density at radius 3 is 1.77 bits per heavy atom. The molecule has 0 spiro atoms. The summed E-state index contributed by atoms with van der Waals surface area (Å²) in [5.41, 5.74) is -0.518. The average molecular weight is 884 g/mol. The van der Waals surface area contributed by atoms with E-state index in [4.69, 9.17) is 19.3 Å². The van der Waals surface area contributed by atoms with Gasteiger partial charge in [-0.05, 0) is 70.9 Å². The number of Topliss-reactive ketones (excluding diaryl/α,β-unsaturated/α-hetero) is 2. The highest BCUT2D eigenvalue weighted by molar-refractivity contribution is 9.14. The maximum Gasteiger partial charge on any atom is 0.269 e. The molecule has 0 saturated heterocycles. The Bertz CT molecular complexity index is 1210. The first-order valence-corrected chi connectivity index (χ1v) is 19.5. The Labute approximate surface area is 332 Å². The van der Waals surface area contributed by atoms with Crippen LogP contribution < -0.4 is 5.32 Å². The minimum atomic E-state index is -0.518. The zero-order valence-corrected chi connectivity index (χ0v) is 36.1. The second kappa shape index (κ2) is 29.7. The lowest BCUT2D eigenvalue weighted by molar-refractivity contribution is -0.139. The van der Waals surface area contributed by atoms with Crippen molar-refractivity contribution in [3.8, 4) is 0 Å². The number of nitrogens with zero attached hydrogens (tertiary/aromatic N) is 2. The summed E-state index contributed by atoms with van der Waals surface area (Å²) >= 11 is 6.12. The molecule has 2 rings (SSSR count). The molecule has 0 saturated carbocycles. The topological polar surface area (TPSA) is 186 Å². The molecule has 14 nitrogen and oxygen atoms in total. The molecular weight excluding hydrogens is 822 g/mol. The first-order chi connectivity index (χ1) is 24.8. The number of imide groups is 2. The molecule has 304 valence electrons. The van der Waals surface area contributed by atoms with Crippen LogP contribution in [0, 0.1) is 11.8 Å². The van der Waals surface area contributed by atoms with Gasteiger partial charge in [-0.25, -0.2) is 0 Å². The van der Waals surface area contributed by atoms with Gasteiger partial charge in [0.2, 0.25) is 5.91 Å². The molecular formula is C37H61Br2N3O11. The average Bonchev–Trinajstić information content (AvgIpc) is 3.50. The SMILES string of the molecule is CC.CC(=O)CCOC(C)(C)CO.CC(C)CC(=O)CCOCCOCCN1C(=O)C(Br)=C(Br)C1=O.CC(C)CCNC(=O)CCN1C(=O)C=CC1=O. The minimum Gasteiger partial charge on any atom is -0.393 e. The van der Waals surface area contributed by atoms with Crippen LogP contribution in [0.3, 0.4) is 0 Å². The molecule has 0 bridgehead atoms. The lowest BCUT2D eigenvalue weighted by atomic mass is 10.1. The molecule has 2 N–H and O–H groups in total. The zero-order chi connectivity index (χ0) is 41.1. The molecule has 0 atom stereocenters. The van der Waals surface area contributed by atoms with E-state index in [1.165, 1.54) is 19.1 Å². The van der Waals surface area contributed by atoms with Crippen molar-refractivity contribution in [2.45, 2.75) is 100 Å². The molecule has 2 aliphatic heterocycles. The number of aliphatic hydroxyl groups is 1. The van der Waals surface area contributed by atoms with Crippen LogP contribution in [0.2, 0.25) is 0 Å². The van der Waals surface area contributed by atoms with Gasteiger partial charge in [-0.1, -0.05) is 41.5 Å². The van der Waals surface area contributed by atoms with Gasteiger partial charge in [-0.2, -0.15) is 0 Å². The van der Waals surface area contributed by atoms with Crippen molar-refractivity contribution in [2.75, 3.05) is 59.3 Å². The summed E-state index contributed by atoms with van der Waals surface area (Å²) in [6.45, 7) is 20.0. The first kappa shape index (κ1) is 52.5. The lowest BCUT2D eigenvalue weighted by Crippen LogP contribution is -2.35. The van der Waals surface area contributed by atoms with E-state index in [2.05, 4.69) is 51.0 Å². The van der Waals surface area contributed by atoms with Crippen molar-refractivity contribution in [1.29, 1.82) is 0 Å². The van der Waals surface area contributed by atoms with E-state index in [0.717, 1.165) is 16.2 Å². The van der Waals surface area contributed by atoms with Crippen LogP contribution in [0.1, 0.15) is 94.4 Å². The van der Waals surface area contributed by atoms with E-state index in [0.29, 0.717) is 64.1 Å². The number of carbonyl (C=O) groups is 7. The highest BCUT2D eigenvalue weighted by atomic mass is 79.9. The van der Waals surface area contributed by atoms with Gasteiger partial charge >= 0.3 is 0 Å². The fourth-order valence-corrected chi connectivity index (χ4v) is 4.68. The Balaban J connectivity index is 0. The van der Waals surface area contributed by atoms with Crippen molar-refractivity contribution in [2.24, 2.45) is 11.8 Å². The third-order valence-electron chi connectivity index (χ3n) is 6.89. The molecule has 53 heavy (non-hydrogen) atoms. The summed E-state index contributed by atoms with van der Waals surface area (Å²) in [4.78, 5) is 81.4. The molecule has 0 unspecified atom stereocenters. The summed E-state index contributed by atoms with van der Waals surface area (Å²) in [5, 5.41) is 11.5. The van der Waals surface area contributed by atoms with Crippen molar-refractivity contribution in [3.63, 3.8) is 0 Å². The lowest BCUT2D eigenvalue weighted by Gasteiger charge is -2.21. The first-order valence-electron chi connectivity index (χ1n) is 18.0. The maximum atomic E-state index is 11.7. The number of carbonyl (C=O) groups excluding carboxylic acids is 7. The Morgan fingerprint density at radius 1 is 0.774 bits per heavy atom. The van der Waals surface area contributed by atoms with Gasteiger partial charge in [0.05, 0.1) is 51.8 Å². The number of amides is 5. The zero-order valence-electron chi connectivity index (χ0n) is 32.9. The van der Waals surface area contributed by atoms with E-state index in [9.17, 15) is 33.6 Å². The Hall–Kier alpha value is -2.63. The van der Waals surface area contributed by atoms with E-state index < -0.39 is 5.60 Å². The number of hydrogen-bond donors (Lipinski definition) is 2. The number of hydrogen-bond acceptors (Lipinski definition) is 11. The molecule has 16 heteroatoms. The van der Waals surface area contributed by atoms with Crippen LogP contribution in [0.25, 0.3) is 0 Å². The molecule has 0 aromatic heterocycles. The third-order valence-corrected chi connectivity index (χ3v) is 8.89. The van der Waals surface area contributed by atoms with Crippen LogP contribution in [0.15, 0.2) is 21.1 Å². The number of nitrogens with one attached hydrogen (secondary N) is 1. The second-order valence-corrected chi connectivity index (χ2v) is 14.7. The van der Waals surface area contributed by atoms with E-state index >= 15 is 0 Å². The molecule has 0 aromatic rings. The number of rotatable bonds is 22. The van der Waals surface area contributed by atoms with Gasteiger partial charge in [0, 0.05) is 50.9 Å². The van der Waals surface area contributed by atoms with Gasteiger partial charge in [-0.3, -0.25) is 43.4 Å². The molecule has 2 heterocycles. The predicted molar refractivity (Wildman–Crippen MR) is 209 cm³/mol. The molecule has 0 fully saturated rings. The number of halogens is 2. The molecule has 0 radical (unpaired) electrons. The molecule has 0 aromatic carbocycles. The quantitative estimate of drug-likeness (QED) is 0.114. The molecule has 5 amide bonds. The van der Waals surface area contributed by atoms with Gasteiger partial charge in [0.25, 0.3) is 23.6 Å². The van der Waals surface area contributed by atoms with Crippen LogP contribution in [0.5, 0.6) is 0 Å². The second-order valence-electron chi connectivity index (χ2n) is 13.2. The Morgan fingerprint density at radius 2 is 1.30 bits per heavy atom. The smallest absolute Gasteiger partial charge is 0.269 e. The largest absolute Gasteiger partial charge is 0.393 e. The van der Waals surface area contributed by atoms with Crippen LogP contribution in [-0.4, -0.2) is 121 Å². The number of aliphatic hydroxyl groups excluding tert-OH is 1. The van der Waals surface area contributed by atoms with Gasteiger partial charge in [-0.15, -0.1) is 0 Å². The van der Waals surface area contributed by atoms with E-state index in [1.807, 2.05) is 27.7 Å². The summed E-state index contributed by atoms with van der Waals surface area (Å²) in [7, 11) is 0. The Kier molecular flexibility index (Phi) is 29.4. The summed E-state index contributed by atoms with van der Waals surface area (Å²) < 4.78 is 16.3. The normalized spacial score (nSPS) is 13.9. The van der Waals surface area contributed by atoms with Crippen LogP contribution in [-0.2, 0) is 47.8 Å². The maximum absolute atomic E-state index is 11.7. The van der Waals surface area contributed by atoms with E-state index in [1.54, 1.807) is 13.8 Å². The number of ketones is 2. The van der Waals surface area contributed by atoms with Gasteiger partial charge < -0.3 is 24.6 Å². The standard InChI is InChI=1S/C15H21Br2NO5.C12H18N2O3.C8H16O3.C2H6/c1-10(2)9-11(19)3-5-22-7-8-23-6-4-18-14(20)12(16)13(17)15(18)21;1-9(2)5-7-13-10(15)6-8-14-11(16)3-4-12(14)17;1-7(10)4-5-11-8(2,3)6-9;1-2/h10H,3-9H2,1-2H3;3-4,9H,5-8H2,1-2H3,(H,13,15);9H,4-6H2,1-3H3;1-2H3. The van der Waals surface area contributed by atoms with Gasteiger partial charge in [0.1, 0.15) is 20.5 Å². The highest BCUT2D eigenvalue weighted by Crippen LogP contribution is 2.29. The summed E-state index contributed by atoms with van der Waals surface area (Å²) in [6, 6.07) is 0. The fourth-order valence-electron chi connectivity index (χ4n) is 3.91. The highest BCUT2D eigenvalue weighted by Gasteiger charge is 2.35. The van der Waals surface area contributed by atoms with Crippen LogP contribution >= 0.6 is 31.9 Å². The van der Waals surface area contributed by atoms with Crippen molar-refractivity contribution >= 4 is 73.0 Å². The summed E-state index contributed by atoms with van der Waals surface area (Å²) in [5.74, 6) is -0.323. The van der Waals surface area contributed by atoms with Crippen molar-refractivity contribution in [1.82, 2.24) is 15.1 Å².